The van der Waals surface area contributed by atoms with Crippen LogP contribution in [0.4, 0.5) is 0 Å². The highest BCUT2D eigenvalue weighted by Gasteiger charge is 2.42. The second-order valence-electron chi connectivity index (χ2n) is 11.5. The summed E-state index contributed by atoms with van der Waals surface area (Å²) in [6.45, 7) is 4.92. The minimum Gasteiger partial charge on any atom is -0.228 e. The van der Waals surface area contributed by atoms with E-state index in [1.807, 2.05) is 0 Å². The SMILES string of the molecule is C[Si]1(C)c2cc3ccccc3cc2-c2nc(-c3cccc(-c4ccccc4)c3)nc(-c3cccc4ccccc34)c21. The van der Waals surface area contributed by atoms with Gasteiger partial charge in [0.05, 0.1) is 11.4 Å². The molecule has 41 heavy (non-hydrogen) atoms. The molecule has 0 fully saturated rings. The Morgan fingerprint density at radius 1 is 0.463 bits per heavy atom. The molecule has 0 unspecified atom stereocenters. The molecular formula is C38H28N2Si. The van der Waals surface area contributed by atoms with Gasteiger partial charge in [0.15, 0.2) is 5.82 Å². The predicted molar refractivity (Wildman–Crippen MR) is 176 cm³/mol. The van der Waals surface area contributed by atoms with E-state index in [2.05, 4.69) is 147 Å². The van der Waals surface area contributed by atoms with Crippen molar-refractivity contribution in [2.75, 3.05) is 0 Å². The van der Waals surface area contributed by atoms with Crippen molar-refractivity contribution in [1.82, 2.24) is 9.97 Å². The van der Waals surface area contributed by atoms with Crippen molar-refractivity contribution in [3.8, 4) is 45.0 Å². The molecule has 2 nitrogen and oxygen atoms in total. The molecule has 0 atom stereocenters. The Morgan fingerprint density at radius 2 is 1.05 bits per heavy atom. The van der Waals surface area contributed by atoms with Crippen LogP contribution in [0.25, 0.3) is 66.6 Å². The normalized spacial score (nSPS) is 13.3. The van der Waals surface area contributed by atoms with E-state index in [-0.39, 0.29) is 0 Å². The first-order chi connectivity index (χ1) is 20.1. The number of benzene rings is 6. The quantitative estimate of drug-likeness (QED) is 0.210. The van der Waals surface area contributed by atoms with Crippen LogP contribution in [-0.4, -0.2) is 18.0 Å². The summed E-state index contributed by atoms with van der Waals surface area (Å²) in [6, 6.07) is 47.9. The predicted octanol–water partition coefficient (Wildman–Crippen LogP) is 8.59. The van der Waals surface area contributed by atoms with Crippen molar-refractivity contribution >= 4 is 40.0 Å². The average molecular weight is 541 g/mol. The summed E-state index contributed by atoms with van der Waals surface area (Å²) in [6.07, 6.45) is 0. The van der Waals surface area contributed by atoms with Crippen molar-refractivity contribution in [3.63, 3.8) is 0 Å². The molecule has 0 N–H and O–H groups in total. The minimum atomic E-state index is -2.13. The second kappa shape index (κ2) is 9.08. The zero-order chi connectivity index (χ0) is 27.6. The molecule has 0 amide bonds. The third-order valence-corrected chi connectivity index (χ3v) is 12.1. The molecule has 0 saturated heterocycles. The van der Waals surface area contributed by atoms with Crippen LogP contribution < -0.4 is 10.4 Å². The van der Waals surface area contributed by atoms with Gasteiger partial charge in [-0.3, -0.25) is 0 Å². The fraction of sp³-hybridized carbons (Fsp3) is 0.0526. The van der Waals surface area contributed by atoms with Crippen molar-refractivity contribution in [2.24, 2.45) is 0 Å². The van der Waals surface area contributed by atoms with Crippen molar-refractivity contribution in [1.29, 1.82) is 0 Å². The van der Waals surface area contributed by atoms with Crippen molar-refractivity contribution in [3.05, 3.63) is 133 Å². The molecule has 0 aliphatic carbocycles. The summed E-state index contributed by atoms with van der Waals surface area (Å²) in [5.74, 6) is 0.773. The first kappa shape index (κ1) is 24.0. The first-order valence-corrected chi connectivity index (χ1v) is 17.2. The zero-order valence-electron chi connectivity index (χ0n) is 23.1. The fourth-order valence-electron chi connectivity index (χ4n) is 6.56. The van der Waals surface area contributed by atoms with E-state index in [9.17, 15) is 0 Å². The number of nitrogens with zero attached hydrogens (tertiary/aromatic N) is 2. The summed E-state index contributed by atoms with van der Waals surface area (Å²) in [5, 5.41) is 7.77. The van der Waals surface area contributed by atoms with E-state index in [0.29, 0.717) is 0 Å². The maximum Gasteiger partial charge on any atom is 0.160 e. The van der Waals surface area contributed by atoms with Crippen LogP contribution in [0.5, 0.6) is 0 Å². The molecule has 0 spiro atoms. The summed E-state index contributed by atoms with van der Waals surface area (Å²) >= 11 is 0. The van der Waals surface area contributed by atoms with Crippen LogP contribution in [0.1, 0.15) is 0 Å². The van der Waals surface area contributed by atoms with Crippen LogP contribution in [-0.2, 0) is 0 Å². The van der Waals surface area contributed by atoms with Crippen LogP contribution in [0.15, 0.2) is 133 Å². The molecule has 0 saturated carbocycles. The van der Waals surface area contributed by atoms with Crippen LogP contribution in [0.2, 0.25) is 13.1 Å². The molecule has 1 aliphatic heterocycles. The van der Waals surface area contributed by atoms with E-state index in [1.165, 1.54) is 54.2 Å². The van der Waals surface area contributed by atoms with Gasteiger partial charge in [0.2, 0.25) is 0 Å². The monoisotopic (exact) mass is 540 g/mol. The largest absolute Gasteiger partial charge is 0.228 e. The van der Waals surface area contributed by atoms with Gasteiger partial charge in [0.1, 0.15) is 8.07 Å². The second-order valence-corrected chi connectivity index (χ2v) is 15.8. The Kier molecular flexibility index (Phi) is 5.31. The van der Waals surface area contributed by atoms with Gasteiger partial charge in [-0.25, -0.2) is 9.97 Å². The van der Waals surface area contributed by atoms with Gasteiger partial charge >= 0.3 is 0 Å². The summed E-state index contributed by atoms with van der Waals surface area (Å²) < 4.78 is 0. The van der Waals surface area contributed by atoms with Crippen molar-refractivity contribution in [2.45, 2.75) is 13.1 Å². The topological polar surface area (TPSA) is 25.8 Å². The molecular weight excluding hydrogens is 513 g/mol. The maximum absolute atomic E-state index is 5.44. The summed E-state index contributed by atoms with van der Waals surface area (Å²) in [5.41, 5.74) is 8.00. The molecule has 194 valence electrons. The van der Waals surface area contributed by atoms with Gasteiger partial charge in [-0.1, -0.05) is 134 Å². The average Bonchev–Trinajstić information content (AvgIpc) is 3.25. The zero-order valence-corrected chi connectivity index (χ0v) is 24.1. The lowest BCUT2D eigenvalue weighted by molar-refractivity contribution is 1.20. The smallest absolute Gasteiger partial charge is 0.160 e. The van der Waals surface area contributed by atoms with Crippen LogP contribution in [0, 0.1) is 0 Å². The first-order valence-electron chi connectivity index (χ1n) is 14.2. The van der Waals surface area contributed by atoms with Gasteiger partial charge in [-0.05, 0) is 55.2 Å². The van der Waals surface area contributed by atoms with E-state index >= 15 is 0 Å². The molecule has 6 aromatic carbocycles. The number of fused-ring (bicyclic) bond motifs is 5. The summed E-state index contributed by atoms with van der Waals surface area (Å²) in [4.78, 5) is 10.8. The van der Waals surface area contributed by atoms with E-state index in [1.54, 1.807) is 0 Å². The third kappa shape index (κ3) is 3.77. The van der Waals surface area contributed by atoms with E-state index in [4.69, 9.17) is 9.97 Å². The lowest BCUT2D eigenvalue weighted by atomic mass is 9.99. The Hall–Kier alpha value is -4.86. The van der Waals surface area contributed by atoms with Crippen LogP contribution >= 0.6 is 0 Å². The minimum absolute atomic E-state index is 0.773. The van der Waals surface area contributed by atoms with E-state index in [0.717, 1.165) is 22.8 Å². The Bertz CT molecular complexity index is 2120. The molecule has 1 aromatic heterocycles. The number of hydrogen-bond donors (Lipinski definition) is 0. The molecule has 0 bridgehead atoms. The fourth-order valence-corrected chi connectivity index (χ4v) is 9.77. The maximum atomic E-state index is 5.44. The molecule has 2 heterocycles. The highest BCUT2D eigenvalue weighted by molar-refractivity contribution is 7.04. The lowest BCUT2D eigenvalue weighted by Crippen LogP contribution is -2.50. The molecule has 8 rings (SSSR count). The third-order valence-electron chi connectivity index (χ3n) is 8.62. The van der Waals surface area contributed by atoms with Gasteiger partial charge in [0.25, 0.3) is 0 Å². The summed E-state index contributed by atoms with van der Waals surface area (Å²) in [7, 11) is -2.13. The number of rotatable bonds is 3. The molecule has 1 aliphatic rings. The number of hydrogen-bond acceptors (Lipinski definition) is 2. The highest BCUT2D eigenvalue weighted by Crippen LogP contribution is 2.37. The number of aromatic nitrogens is 2. The van der Waals surface area contributed by atoms with E-state index < -0.39 is 8.07 Å². The highest BCUT2D eigenvalue weighted by atomic mass is 28.3. The van der Waals surface area contributed by atoms with Gasteiger partial charge < -0.3 is 0 Å². The Morgan fingerprint density at radius 3 is 1.85 bits per heavy atom. The molecule has 7 aromatic rings. The van der Waals surface area contributed by atoms with Gasteiger partial charge in [-0.2, -0.15) is 0 Å². The van der Waals surface area contributed by atoms with Crippen LogP contribution in [0.3, 0.4) is 0 Å². The Labute approximate surface area is 241 Å². The van der Waals surface area contributed by atoms with Gasteiger partial charge in [-0.15, -0.1) is 0 Å². The standard InChI is InChI=1S/C38H28N2Si/c1-41(2)34-24-29-16-7-6-15-28(29)23-33(34)36-37(41)35(32-21-11-17-26-14-8-9-20-31(26)32)39-38(40-36)30-19-10-18-27(22-30)25-12-4-3-5-13-25/h3-24H,1-2H3. The van der Waals surface area contributed by atoms with Crippen molar-refractivity contribution < 1.29 is 0 Å². The lowest BCUT2D eigenvalue weighted by Gasteiger charge is -2.22. The molecule has 3 heteroatoms. The Balaban J connectivity index is 1.45. The molecule has 0 radical (unpaired) electrons. The van der Waals surface area contributed by atoms with Gasteiger partial charge in [0, 0.05) is 16.7 Å².